The maximum atomic E-state index is 11.3. The van der Waals surface area contributed by atoms with Gasteiger partial charge in [-0.1, -0.05) is 0 Å². The Labute approximate surface area is 148 Å². The van der Waals surface area contributed by atoms with Gasteiger partial charge in [-0.05, 0) is 46.6 Å². The number of nitrogens with zero attached hydrogens (tertiary/aromatic N) is 2. The van der Waals surface area contributed by atoms with Gasteiger partial charge in [0, 0.05) is 18.5 Å². The molecule has 8 nitrogen and oxygen atoms in total. The van der Waals surface area contributed by atoms with Crippen LogP contribution in [0.4, 0.5) is 17.5 Å². The molecule has 1 aromatic carbocycles. The molecule has 128 valence electrons. The maximum Gasteiger partial charge on any atom is 0.238 e. The van der Waals surface area contributed by atoms with E-state index in [-0.39, 0.29) is 10.9 Å². The topological polar surface area (TPSA) is 119 Å². The number of ether oxygens (including phenoxy) is 1. The number of anilines is 3. The van der Waals surface area contributed by atoms with Crippen LogP contribution in [0.25, 0.3) is 0 Å². The Hall–Kier alpha value is -1.75. The number of rotatable bonds is 5. The number of benzene rings is 1. The fourth-order valence-corrected chi connectivity index (χ4v) is 3.05. The molecule has 0 radical (unpaired) electrons. The Morgan fingerprint density at radius 1 is 1.29 bits per heavy atom. The Kier molecular flexibility index (Phi) is 4.99. The smallest absolute Gasteiger partial charge is 0.238 e. The van der Waals surface area contributed by atoms with Crippen LogP contribution in [-0.4, -0.2) is 37.6 Å². The van der Waals surface area contributed by atoms with E-state index in [1.54, 1.807) is 18.3 Å². The summed E-state index contributed by atoms with van der Waals surface area (Å²) in [6, 6.07) is 6.27. The lowest BCUT2D eigenvalue weighted by Crippen LogP contribution is -2.20. The summed E-state index contributed by atoms with van der Waals surface area (Å²) >= 11 is 3.42. The quantitative estimate of drug-likeness (QED) is 0.683. The SMILES string of the molecule is NS(=O)(=O)c1ccc(Nc2ncc(Br)c(NC3CCOC3)n2)cc1. The first kappa shape index (κ1) is 17.1. The van der Waals surface area contributed by atoms with Crippen LogP contribution in [0.3, 0.4) is 0 Å². The number of aromatic nitrogens is 2. The molecule has 10 heteroatoms. The lowest BCUT2D eigenvalue weighted by molar-refractivity contribution is 0.195. The molecule has 4 N–H and O–H groups in total. The van der Waals surface area contributed by atoms with E-state index in [0.29, 0.717) is 24.1 Å². The summed E-state index contributed by atoms with van der Waals surface area (Å²) in [5.74, 6) is 1.06. The van der Waals surface area contributed by atoms with Gasteiger partial charge in [0.15, 0.2) is 0 Å². The van der Waals surface area contributed by atoms with Crippen LogP contribution in [0.2, 0.25) is 0 Å². The predicted octanol–water partition coefficient (Wildman–Crippen LogP) is 1.83. The van der Waals surface area contributed by atoms with Crippen molar-refractivity contribution < 1.29 is 13.2 Å². The third kappa shape index (κ3) is 4.20. The highest BCUT2D eigenvalue weighted by Gasteiger charge is 2.17. The van der Waals surface area contributed by atoms with Gasteiger partial charge >= 0.3 is 0 Å². The van der Waals surface area contributed by atoms with Gasteiger partial charge in [-0.15, -0.1) is 0 Å². The van der Waals surface area contributed by atoms with Crippen LogP contribution in [0.5, 0.6) is 0 Å². The van der Waals surface area contributed by atoms with Crippen LogP contribution in [0.15, 0.2) is 39.8 Å². The average molecular weight is 414 g/mol. The van der Waals surface area contributed by atoms with Crippen LogP contribution < -0.4 is 15.8 Å². The second-order valence-electron chi connectivity index (χ2n) is 5.29. The van der Waals surface area contributed by atoms with Gasteiger partial charge in [0.25, 0.3) is 0 Å². The van der Waals surface area contributed by atoms with Gasteiger partial charge in [-0.2, -0.15) is 4.98 Å². The molecule has 0 aliphatic carbocycles. The first-order valence-electron chi connectivity index (χ1n) is 7.18. The molecular formula is C14H16BrN5O3S. The summed E-state index contributed by atoms with van der Waals surface area (Å²) in [4.78, 5) is 8.67. The molecule has 1 fully saturated rings. The van der Waals surface area contributed by atoms with Crippen LogP contribution in [-0.2, 0) is 14.8 Å². The first-order valence-corrected chi connectivity index (χ1v) is 9.52. The normalized spacial score (nSPS) is 17.7. The van der Waals surface area contributed by atoms with Crippen LogP contribution >= 0.6 is 15.9 Å². The summed E-state index contributed by atoms with van der Waals surface area (Å²) in [6.45, 7) is 1.39. The van der Waals surface area contributed by atoms with E-state index in [2.05, 4.69) is 36.5 Å². The van der Waals surface area contributed by atoms with Crippen molar-refractivity contribution in [3.8, 4) is 0 Å². The Morgan fingerprint density at radius 3 is 2.67 bits per heavy atom. The van der Waals surface area contributed by atoms with Crippen molar-refractivity contribution in [2.75, 3.05) is 23.8 Å². The molecule has 1 saturated heterocycles. The minimum atomic E-state index is -3.71. The number of nitrogens with one attached hydrogen (secondary N) is 2. The summed E-state index contributed by atoms with van der Waals surface area (Å²) in [6.07, 6.45) is 2.57. The Bertz CT molecular complexity index is 823. The summed E-state index contributed by atoms with van der Waals surface area (Å²) in [7, 11) is -3.71. The Morgan fingerprint density at radius 2 is 2.04 bits per heavy atom. The van der Waals surface area contributed by atoms with Crippen molar-refractivity contribution in [1.29, 1.82) is 0 Å². The van der Waals surface area contributed by atoms with E-state index in [0.717, 1.165) is 17.5 Å². The highest BCUT2D eigenvalue weighted by molar-refractivity contribution is 9.10. The van der Waals surface area contributed by atoms with E-state index >= 15 is 0 Å². The number of hydrogen-bond donors (Lipinski definition) is 3. The molecule has 24 heavy (non-hydrogen) atoms. The monoisotopic (exact) mass is 413 g/mol. The van der Waals surface area contributed by atoms with Gasteiger partial charge in [0.1, 0.15) is 5.82 Å². The summed E-state index contributed by atoms with van der Waals surface area (Å²) in [5, 5.41) is 11.4. The highest BCUT2D eigenvalue weighted by atomic mass is 79.9. The molecule has 0 saturated carbocycles. The fourth-order valence-electron chi connectivity index (χ4n) is 2.23. The van der Waals surface area contributed by atoms with Gasteiger partial charge in [-0.25, -0.2) is 18.5 Å². The van der Waals surface area contributed by atoms with Gasteiger partial charge < -0.3 is 15.4 Å². The number of sulfonamides is 1. The lowest BCUT2D eigenvalue weighted by atomic mass is 10.2. The number of nitrogens with two attached hydrogens (primary N) is 1. The number of primary sulfonamides is 1. The molecule has 1 unspecified atom stereocenters. The lowest BCUT2D eigenvalue weighted by Gasteiger charge is -2.14. The van der Waals surface area contributed by atoms with Crippen molar-refractivity contribution >= 4 is 43.4 Å². The van der Waals surface area contributed by atoms with E-state index in [1.165, 1.54) is 12.1 Å². The largest absolute Gasteiger partial charge is 0.379 e. The first-order chi connectivity index (χ1) is 11.4. The second kappa shape index (κ2) is 7.01. The molecule has 0 bridgehead atoms. The van der Waals surface area contributed by atoms with E-state index in [4.69, 9.17) is 9.88 Å². The van der Waals surface area contributed by atoms with Crippen molar-refractivity contribution in [2.24, 2.45) is 5.14 Å². The molecular weight excluding hydrogens is 398 g/mol. The second-order valence-corrected chi connectivity index (χ2v) is 7.71. The molecule has 1 aliphatic rings. The molecule has 0 spiro atoms. The summed E-state index contributed by atoms with van der Waals surface area (Å²) in [5.41, 5.74) is 0.653. The van der Waals surface area contributed by atoms with Crippen molar-refractivity contribution in [2.45, 2.75) is 17.4 Å². The zero-order valence-corrected chi connectivity index (χ0v) is 15.0. The summed E-state index contributed by atoms with van der Waals surface area (Å²) < 4.78 is 28.6. The molecule has 1 aromatic heterocycles. The minimum absolute atomic E-state index is 0.0494. The van der Waals surface area contributed by atoms with Gasteiger partial charge in [-0.3, -0.25) is 0 Å². The molecule has 1 aliphatic heterocycles. The fraction of sp³-hybridized carbons (Fsp3) is 0.286. The number of halogens is 1. The average Bonchev–Trinajstić information content (AvgIpc) is 3.03. The molecule has 2 aromatic rings. The van der Waals surface area contributed by atoms with Crippen LogP contribution in [0, 0.1) is 0 Å². The highest BCUT2D eigenvalue weighted by Crippen LogP contribution is 2.24. The minimum Gasteiger partial charge on any atom is -0.379 e. The van der Waals surface area contributed by atoms with Crippen LogP contribution in [0.1, 0.15) is 6.42 Å². The van der Waals surface area contributed by atoms with E-state index in [1.807, 2.05) is 0 Å². The Balaban J connectivity index is 1.75. The third-order valence-corrected chi connectivity index (χ3v) is 4.96. The molecule has 0 amide bonds. The molecule has 1 atom stereocenters. The van der Waals surface area contributed by atoms with E-state index < -0.39 is 10.0 Å². The molecule has 3 rings (SSSR count). The maximum absolute atomic E-state index is 11.3. The zero-order valence-electron chi connectivity index (χ0n) is 12.6. The zero-order chi connectivity index (χ0) is 17.2. The van der Waals surface area contributed by atoms with Crippen molar-refractivity contribution in [1.82, 2.24) is 9.97 Å². The third-order valence-electron chi connectivity index (χ3n) is 3.45. The van der Waals surface area contributed by atoms with E-state index in [9.17, 15) is 8.42 Å². The predicted molar refractivity (Wildman–Crippen MR) is 93.7 cm³/mol. The van der Waals surface area contributed by atoms with Crippen molar-refractivity contribution in [3.05, 3.63) is 34.9 Å². The van der Waals surface area contributed by atoms with Gasteiger partial charge in [0.2, 0.25) is 16.0 Å². The van der Waals surface area contributed by atoms with Gasteiger partial charge in [0.05, 0.1) is 22.0 Å². The standard InChI is InChI=1S/C14H16BrN5O3S/c15-12-7-17-14(20-13(12)18-10-5-6-23-8-10)19-9-1-3-11(4-2-9)24(16,21)22/h1-4,7,10H,5-6,8H2,(H2,16,21,22)(H2,17,18,19,20). The molecule has 2 heterocycles. The number of hydrogen-bond acceptors (Lipinski definition) is 7. The van der Waals surface area contributed by atoms with Crippen molar-refractivity contribution in [3.63, 3.8) is 0 Å².